The average Bonchev–Trinajstić information content (AvgIpc) is 2.70. The topological polar surface area (TPSA) is 38.3 Å². The Morgan fingerprint density at radius 2 is 2.47 bits per heavy atom. The van der Waals surface area contributed by atoms with E-state index >= 15 is 0 Å². The maximum atomic E-state index is 11.4. The quantitative estimate of drug-likeness (QED) is 0.758. The molecule has 0 aliphatic rings. The first-order chi connectivity index (χ1) is 7.24. The number of carbonyl (C=O) groups is 1. The summed E-state index contributed by atoms with van der Waals surface area (Å²) in [6, 6.07) is 4.07. The summed E-state index contributed by atoms with van der Waals surface area (Å²) in [5.74, 6) is -0.0515. The second-order valence-corrected chi connectivity index (χ2v) is 4.34. The molecule has 0 saturated heterocycles. The molecule has 4 heteroatoms. The highest BCUT2D eigenvalue weighted by Crippen LogP contribution is 2.17. The molecule has 0 bridgehead atoms. The zero-order valence-corrected chi connectivity index (χ0v) is 9.97. The predicted octanol–water partition coefficient (Wildman–Crippen LogP) is 2.35. The van der Waals surface area contributed by atoms with Crippen molar-refractivity contribution in [3.05, 3.63) is 22.4 Å². The molecule has 0 saturated carbocycles. The van der Waals surface area contributed by atoms with Gasteiger partial charge in [-0.1, -0.05) is 13.0 Å². The number of ether oxygens (including phenoxy) is 1. The molecule has 0 radical (unpaired) electrons. The Kier molecular flexibility index (Phi) is 5.36. The van der Waals surface area contributed by atoms with Gasteiger partial charge in [0.05, 0.1) is 6.04 Å². The van der Waals surface area contributed by atoms with Gasteiger partial charge in [0.2, 0.25) is 5.91 Å². The summed E-state index contributed by atoms with van der Waals surface area (Å²) in [6.45, 7) is 4.79. The van der Waals surface area contributed by atoms with Gasteiger partial charge >= 0.3 is 0 Å². The number of nitrogens with one attached hydrogen (secondary N) is 1. The molecule has 1 heterocycles. The molecule has 15 heavy (non-hydrogen) atoms. The van der Waals surface area contributed by atoms with Crippen LogP contribution in [0.5, 0.6) is 0 Å². The molecule has 1 amide bonds. The first-order valence-electron chi connectivity index (χ1n) is 5.14. The zero-order chi connectivity index (χ0) is 11.1. The number of carbonyl (C=O) groups excluding carboxylic acids is 1. The molecule has 1 aromatic heterocycles. The second kappa shape index (κ2) is 6.58. The van der Waals surface area contributed by atoms with E-state index in [-0.39, 0.29) is 18.6 Å². The fourth-order valence-electron chi connectivity index (χ4n) is 1.20. The molecule has 1 rings (SSSR count). The Morgan fingerprint density at radius 1 is 1.67 bits per heavy atom. The molecule has 1 aromatic rings. The first kappa shape index (κ1) is 12.2. The van der Waals surface area contributed by atoms with Crippen LogP contribution >= 0.6 is 11.3 Å². The van der Waals surface area contributed by atoms with Crippen molar-refractivity contribution in [2.24, 2.45) is 0 Å². The summed E-state index contributed by atoms with van der Waals surface area (Å²) < 4.78 is 5.15. The highest BCUT2D eigenvalue weighted by Gasteiger charge is 2.09. The van der Waals surface area contributed by atoms with Gasteiger partial charge in [0, 0.05) is 11.5 Å². The third-order valence-corrected chi connectivity index (χ3v) is 2.98. The Morgan fingerprint density at radius 3 is 3.07 bits per heavy atom. The van der Waals surface area contributed by atoms with Gasteiger partial charge in [-0.05, 0) is 24.8 Å². The van der Waals surface area contributed by atoms with E-state index in [9.17, 15) is 4.79 Å². The lowest BCUT2D eigenvalue weighted by molar-refractivity contribution is -0.126. The predicted molar refractivity (Wildman–Crippen MR) is 62.0 cm³/mol. The van der Waals surface area contributed by atoms with Crippen LogP contribution in [-0.2, 0) is 9.53 Å². The van der Waals surface area contributed by atoms with E-state index in [2.05, 4.69) is 5.32 Å². The third kappa shape index (κ3) is 4.44. The highest BCUT2D eigenvalue weighted by molar-refractivity contribution is 7.10. The smallest absolute Gasteiger partial charge is 0.246 e. The summed E-state index contributed by atoms with van der Waals surface area (Å²) >= 11 is 1.65. The minimum absolute atomic E-state index is 0.0515. The lowest BCUT2D eigenvalue weighted by Crippen LogP contribution is -2.29. The maximum absolute atomic E-state index is 11.4. The van der Waals surface area contributed by atoms with Crippen LogP contribution in [0.15, 0.2) is 17.5 Å². The van der Waals surface area contributed by atoms with Crippen LogP contribution in [0.3, 0.4) is 0 Å². The Balaban J connectivity index is 2.26. The average molecular weight is 227 g/mol. The van der Waals surface area contributed by atoms with Gasteiger partial charge in [-0.3, -0.25) is 4.79 Å². The maximum Gasteiger partial charge on any atom is 0.246 e. The first-order valence-corrected chi connectivity index (χ1v) is 6.02. The van der Waals surface area contributed by atoms with E-state index in [1.54, 1.807) is 11.3 Å². The zero-order valence-electron chi connectivity index (χ0n) is 9.16. The van der Waals surface area contributed by atoms with E-state index in [1.807, 2.05) is 31.4 Å². The van der Waals surface area contributed by atoms with Crippen LogP contribution in [-0.4, -0.2) is 19.1 Å². The Bertz CT molecular complexity index is 285. The molecular formula is C11H17NO2S. The number of hydrogen-bond acceptors (Lipinski definition) is 3. The standard InChI is InChI=1S/C11H17NO2S/c1-3-6-14-8-11(13)12-9(2)10-5-4-7-15-10/h4-5,7,9H,3,6,8H2,1-2H3,(H,12,13)/t9-/m1/s1. The van der Waals surface area contributed by atoms with Gasteiger partial charge in [0.25, 0.3) is 0 Å². The van der Waals surface area contributed by atoms with Crippen molar-refractivity contribution in [2.45, 2.75) is 26.3 Å². The molecule has 0 unspecified atom stereocenters. The molecule has 1 atom stereocenters. The summed E-state index contributed by atoms with van der Waals surface area (Å²) in [5, 5.41) is 4.89. The van der Waals surface area contributed by atoms with Gasteiger partial charge in [0.1, 0.15) is 6.61 Å². The fourth-order valence-corrected chi connectivity index (χ4v) is 1.94. The van der Waals surface area contributed by atoms with Crippen molar-refractivity contribution in [1.29, 1.82) is 0 Å². The SMILES string of the molecule is CCCOCC(=O)N[C@H](C)c1cccs1. The minimum atomic E-state index is -0.0515. The van der Waals surface area contributed by atoms with Crippen molar-refractivity contribution in [2.75, 3.05) is 13.2 Å². The van der Waals surface area contributed by atoms with Crippen LogP contribution < -0.4 is 5.32 Å². The number of rotatable bonds is 6. The number of amides is 1. The minimum Gasteiger partial charge on any atom is -0.372 e. The molecule has 84 valence electrons. The summed E-state index contributed by atoms with van der Waals surface area (Å²) in [6.07, 6.45) is 0.938. The van der Waals surface area contributed by atoms with Gasteiger partial charge in [-0.15, -0.1) is 11.3 Å². The molecule has 0 fully saturated rings. The molecule has 3 nitrogen and oxygen atoms in total. The van der Waals surface area contributed by atoms with Crippen molar-refractivity contribution < 1.29 is 9.53 Å². The molecule has 1 N–H and O–H groups in total. The van der Waals surface area contributed by atoms with Gasteiger partial charge in [-0.25, -0.2) is 0 Å². The van der Waals surface area contributed by atoms with Gasteiger partial charge in [-0.2, -0.15) is 0 Å². The van der Waals surface area contributed by atoms with Crippen LogP contribution in [0.2, 0.25) is 0 Å². The summed E-state index contributed by atoms with van der Waals surface area (Å²) in [4.78, 5) is 12.6. The van der Waals surface area contributed by atoms with Crippen LogP contribution in [0.4, 0.5) is 0 Å². The van der Waals surface area contributed by atoms with E-state index in [0.717, 1.165) is 6.42 Å². The van der Waals surface area contributed by atoms with Crippen LogP contribution in [0.25, 0.3) is 0 Å². The van der Waals surface area contributed by atoms with E-state index in [4.69, 9.17) is 4.74 Å². The van der Waals surface area contributed by atoms with E-state index in [0.29, 0.717) is 6.61 Å². The van der Waals surface area contributed by atoms with E-state index < -0.39 is 0 Å². The number of thiophene rings is 1. The molecular weight excluding hydrogens is 210 g/mol. The lowest BCUT2D eigenvalue weighted by Gasteiger charge is -2.11. The van der Waals surface area contributed by atoms with E-state index in [1.165, 1.54) is 4.88 Å². The van der Waals surface area contributed by atoms with Crippen LogP contribution in [0.1, 0.15) is 31.2 Å². The van der Waals surface area contributed by atoms with Crippen LogP contribution in [0, 0.1) is 0 Å². The highest BCUT2D eigenvalue weighted by atomic mass is 32.1. The molecule has 0 spiro atoms. The molecule has 0 aliphatic carbocycles. The second-order valence-electron chi connectivity index (χ2n) is 3.36. The largest absolute Gasteiger partial charge is 0.372 e. The Hall–Kier alpha value is -0.870. The number of hydrogen-bond donors (Lipinski definition) is 1. The summed E-state index contributed by atoms with van der Waals surface area (Å²) in [5.41, 5.74) is 0. The van der Waals surface area contributed by atoms with Gasteiger partial charge in [0.15, 0.2) is 0 Å². The third-order valence-electron chi connectivity index (χ3n) is 1.93. The monoisotopic (exact) mass is 227 g/mol. The van der Waals surface area contributed by atoms with Crippen molar-refractivity contribution >= 4 is 17.2 Å². The lowest BCUT2D eigenvalue weighted by atomic mass is 10.3. The normalized spacial score (nSPS) is 12.4. The summed E-state index contributed by atoms with van der Waals surface area (Å²) in [7, 11) is 0. The van der Waals surface area contributed by atoms with Crippen molar-refractivity contribution in [3.8, 4) is 0 Å². The van der Waals surface area contributed by atoms with Gasteiger partial charge < -0.3 is 10.1 Å². The molecule has 0 aromatic carbocycles. The fraction of sp³-hybridized carbons (Fsp3) is 0.545. The van der Waals surface area contributed by atoms with Crippen molar-refractivity contribution in [3.63, 3.8) is 0 Å². The van der Waals surface area contributed by atoms with Crippen molar-refractivity contribution in [1.82, 2.24) is 5.32 Å². The molecule has 0 aliphatic heterocycles. The Labute approximate surface area is 94.5 Å².